The molecule has 134 valence electrons. The molecule has 0 aliphatic heterocycles. The molecule has 2 aromatic rings. The van der Waals surface area contributed by atoms with E-state index in [1.807, 2.05) is 40.8 Å². The van der Waals surface area contributed by atoms with E-state index in [1.54, 1.807) is 15.8 Å². The minimum absolute atomic E-state index is 0.0174. The zero-order chi connectivity index (χ0) is 18.3. The zero-order valence-corrected chi connectivity index (χ0v) is 15.5. The van der Waals surface area contributed by atoms with Crippen LogP contribution in [-0.4, -0.2) is 49.7 Å². The second-order valence-electron chi connectivity index (χ2n) is 7.28. The van der Waals surface area contributed by atoms with Crippen LogP contribution in [0.2, 0.25) is 0 Å². The summed E-state index contributed by atoms with van der Waals surface area (Å²) >= 11 is 0. The Bertz CT molecular complexity index is 771. The van der Waals surface area contributed by atoms with Crippen LogP contribution < -0.4 is 5.73 Å². The zero-order valence-electron chi connectivity index (χ0n) is 15.5. The summed E-state index contributed by atoms with van der Waals surface area (Å²) in [7, 11) is 1.84. The van der Waals surface area contributed by atoms with E-state index in [0.717, 1.165) is 29.9 Å². The molecule has 0 spiro atoms. The lowest BCUT2D eigenvalue weighted by molar-refractivity contribution is 0.0623. The quantitative estimate of drug-likeness (QED) is 0.917. The van der Waals surface area contributed by atoms with Crippen LogP contribution in [0.3, 0.4) is 0 Å². The fourth-order valence-electron chi connectivity index (χ4n) is 3.19. The van der Waals surface area contributed by atoms with Gasteiger partial charge in [-0.1, -0.05) is 13.8 Å². The van der Waals surface area contributed by atoms with Crippen LogP contribution in [0.4, 0.5) is 0 Å². The van der Waals surface area contributed by atoms with Crippen LogP contribution in [0, 0.1) is 13.8 Å². The molecular formula is C18H26N6O. The Morgan fingerprint density at radius 1 is 1.28 bits per heavy atom. The highest BCUT2D eigenvalue weighted by Crippen LogP contribution is 2.27. The Labute approximate surface area is 148 Å². The van der Waals surface area contributed by atoms with Gasteiger partial charge in [-0.15, -0.1) is 0 Å². The summed E-state index contributed by atoms with van der Waals surface area (Å²) in [5.74, 6) is 0.603. The number of amides is 1. The third-order valence-electron chi connectivity index (χ3n) is 4.71. The van der Waals surface area contributed by atoms with Gasteiger partial charge in [0.25, 0.3) is 11.9 Å². The number of nitrogens with zero attached hydrogens (tertiary/aromatic N) is 5. The normalized spacial score (nSPS) is 19.8. The Kier molecular flexibility index (Phi) is 4.60. The summed E-state index contributed by atoms with van der Waals surface area (Å²) in [4.78, 5) is 23.7. The van der Waals surface area contributed by atoms with Gasteiger partial charge in [-0.25, -0.2) is 14.6 Å². The number of hydrogen-bond acceptors (Lipinski definition) is 5. The number of carbonyl (C=O) groups is 1. The van der Waals surface area contributed by atoms with Crippen molar-refractivity contribution in [2.75, 3.05) is 7.05 Å². The van der Waals surface area contributed by atoms with Crippen molar-refractivity contribution in [2.45, 2.75) is 58.5 Å². The van der Waals surface area contributed by atoms with Crippen LogP contribution in [0.1, 0.15) is 60.0 Å². The topological polar surface area (TPSA) is 89.9 Å². The SMILES string of the molecule is Cc1cc(C)nc(-n2cc(C(=O)N(C)C3CC(N)C3)c(C(C)C)n2)n1. The van der Waals surface area contributed by atoms with Gasteiger partial charge in [-0.3, -0.25) is 4.79 Å². The molecule has 25 heavy (non-hydrogen) atoms. The van der Waals surface area contributed by atoms with Crippen molar-refractivity contribution in [3.63, 3.8) is 0 Å². The standard InChI is InChI=1S/C18H26N6O/c1-10(2)16-15(17(25)23(5)14-7-13(19)8-14)9-24(22-16)18-20-11(3)6-12(4)21-18/h6,9-10,13-14H,7-8,19H2,1-5H3. The molecule has 1 aliphatic rings. The maximum Gasteiger partial charge on any atom is 0.257 e. The maximum atomic E-state index is 13.0. The lowest BCUT2D eigenvalue weighted by atomic mass is 9.86. The monoisotopic (exact) mass is 342 g/mol. The number of carbonyl (C=O) groups excluding carboxylic acids is 1. The van der Waals surface area contributed by atoms with Gasteiger partial charge in [0, 0.05) is 36.7 Å². The second-order valence-corrected chi connectivity index (χ2v) is 7.28. The van der Waals surface area contributed by atoms with E-state index in [-0.39, 0.29) is 23.9 Å². The number of aromatic nitrogens is 4. The summed E-state index contributed by atoms with van der Waals surface area (Å²) < 4.78 is 1.61. The fraction of sp³-hybridized carbons (Fsp3) is 0.556. The van der Waals surface area contributed by atoms with Gasteiger partial charge in [0.1, 0.15) is 0 Å². The van der Waals surface area contributed by atoms with Crippen molar-refractivity contribution in [3.05, 3.63) is 34.9 Å². The largest absolute Gasteiger partial charge is 0.338 e. The van der Waals surface area contributed by atoms with Crippen LogP contribution in [-0.2, 0) is 0 Å². The molecule has 7 heteroatoms. The van der Waals surface area contributed by atoms with Gasteiger partial charge in [0.05, 0.1) is 11.3 Å². The van der Waals surface area contributed by atoms with Crippen molar-refractivity contribution >= 4 is 5.91 Å². The van der Waals surface area contributed by atoms with Crippen molar-refractivity contribution in [2.24, 2.45) is 5.73 Å². The average molecular weight is 342 g/mol. The maximum absolute atomic E-state index is 13.0. The molecule has 0 unspecified atom stereocenters. The molecule has 0 radical (unpaired) electrons. The molecule has 3 rings (SSSR count). The summed E-state index contributed by atoms with van der Waals surface area (Å²) in [5.41, 5.74) is 8.99. The average Bonchev–Trinajstić information content (AvgIpc) is 2.95. The molecule has 1 aliphatic carbocycles. The highest BCUT2D eigenvalue weighted by Gasteiger charge is 2.34. The highest BCUT2D eigenvalue weighted by molar-refractivity contribution is 5.95. The molecule has 2 heterocycles. The predicted octanol–water partition coefficient (Wildman–Crippen LogP) is 1.96. The molecule has 0 bridgehead atoms. The molecule has 2 aromatic heterocycles. The summed E-state index contributed by atoms with van der Waals surface area (Å²) in [6, 6.07) is 2.33. The minimum atomic E-state index is -0.0174. The predicted molar refractivity (Wildman–Crippen MR) is 95.8 cm³/mol. The highest BCUT2D eigenvalue weighted by atomic mass is 16.2. The first-order valence-electron chi connectivity index (χ1n) is 8.71. The van der Waals surface area contributed by atoms with Crippen LogP contribution in [0.25, 0.3) is 5.95 Å². The number of hydrogen-bond donors (Lipinski definition) is 1. The molecule has 1 saturated carbocycles. The number of rotatable bonds is 4. The van der Waals surface area contributed by atoms with E-state index in [2.05, 4.69) is 15.1 Å². The Balaban J connectivity index is 1.96. The first kappa shape index (κ1) is 17.5. The van der Waals surface area contributed by atoms with Crippen molar-refractivity contribution in [1.29, 1.82) is 0 Å². The molecule has 1 amide bonds. The van der Waals surface area contributed by atoms with Gasteiger partial charge < -0.3 is 10.6 Å². The molecule has 7 nitrogen and oxygen atoms in total. The summed E-state index contributed by atoms with van der Waals surface area (Å²) in [5, 5.41) is 4.60. The van der Waals surface area contributed by atoms with E-state index in [4.69, 9.17) is 5.73 Å². The van der Waals surface area contributed by atoms with Crippen LogP contribution >= 0.6 is 0 Å². The number of aryl methyl sites for hydroxylation is 2. The third kappa shape index (κ3) is 3.42. The van der Waals surface area contributed by atoms with E-state index in [9.17, 15) is 4.79 Å². The van der Waals surface area contributed by atoms with E-state index >= 15 is 0 Å². The lowest BCUT2D eigenvalue weighted by Gasteiger charge is -2.39. The van der Waals surface area contributed by atoms with Crippen LogP contribution in [0.15, 0.2) is 12.3 Å². The molecule has 0 aromatic carbocycles. The molecule has 2 N–H and O–H groups in total. The smallest absolute Gasteiger partial charge is 0.257 e. The Morgan fingerprint density at radius 3 is 2.40 bits per heavy atom. The van der Waals surface area contributed by atoms with Gasteiger partial charge in [0.15, 0.2) is 0 Å². The summed E-state index contributed by atoms with van der Waals surface area (Å²) in [6.07, 6.45) is 3.46. The Morgan fingerprint density at radius 2 is 1.88 bits per heavy atom. The molecular weight excluding hydrogens is 316 g/mol. The van der Waals surface area contributed by atoms with Gasteiger partial charge >= 0.3 is 0 Å². The first-order valence-corrected chi connectivity index (χ1v) is 8.71. The molecule has 0 saturated heterocycles. The first-order chi connectivity index (χ1) is 11.8. The molecule has 1 fully saturated rings. The van der Waals surface area contributed by atoms with E-state index < -0.39 is 0 Å². The molecule has 0 atom stereocenters. The van der Waals surface area contributed by atoms with Gasteiger partial charge in [-0.2, -0.15) is 5.10 Å². The van der Waals surface area contributed by atoms with Gasteiger partial charge in [0.2, 0.25) is 0 Å². The number of nitrogens with two attached hydrogens (primary N) is 1. The Hall–Kier alpha value is -2.28. The van der Waals surface area contributed by atoms with E-state index in [1.165, 1.54) is 0 Å². The minimum Gasteiger partial charge on any atom is -0.338 e. The summed E-state index contributed by atoms with van der Waals surface area (Å²) in [6.45, 7) is 7.91. The second kappa shape index (κ2) is 6.55. The van der Waals surface area contributed by atoms with Crippen LogP contribution in [0.5, 0.6) is 0 Å². The van der Waals surface area contributed by atoms with E-state index in [0.29, 0.717) is 11.5 Å². The van der Waals surface area contributed by atoms with Crippen molar-refractivity contribution < 1.29 is 4.79 Å². The fourth-order valence-corrected chi connectivity index (χ4v) is 3.19. The van der Waals surface area contributed by atoms with Gasteiger partial charge in [-0.05, 0) is 38.7 Å². The third-order valence-corrected chi connectivity index (χ3v) is 4.71. The van der Waals surface area contributed by atoms with Crippen molar-refractivity contribution in [3.8, 4) is 5.95 Å². The lowest BCUT2D eigenvalue weighted by Crippen LogP contribution is -2.51. The van der Waals surface area contributed by atoms with Crippen molar-refractivity contribution in [1.82, 2.24) is 24.6 Å².